The number of anilines is 1. The molecule has 0 fully saturated rings. The highest BCUT2D eigenvalue weighted by atomic mass is 16.5. The molecule has 1 aromatic carbocycles. The zero-order chi connectivity index (χ0) is 14.4. The number of carbonyl (C=O) groups excluding carboxylic acids is 1. The monoisotopic (exact) mass is 269 g/mol. The highest BCUT2D eigenvalue weighted by Gasteiger charge is 2.07. The smallest absolute Gasteiger partial charge is 0.341 e. The van der Waals surface area contributed by atoms with Crippen molar-refractivity contribution in [2.45, 2.75) is 6.92 Å². The van der Waals surface area contributed by atoms with Crippen molar-refractivity contribution in [2.24, 2.45) is 0 Å². The summed E-state index contributed by atoms with van der Waals surface area (Å²) in [7, 11) is 0. The SMILES string of the molecule is CCOC(=O)/C(C=N)=C/Nc1cncc2ccccc12. The predicted octanol–water partition coefficient (Wildman–Crippen LogP) is 2.74. The number of hydrogen-bond acceptors (Lipinski definition) is 5. The highest BCUT2D eigenvalue weighted by molar-refractivity contribution is 6.09. The van der Waals surface area contributed by atoms with E-state index in [4.69, 9.17) is 10.1 Å². The number of aromatic nitrogens is 1. The van der Waals surface area contributed by atoms with Crippen molar-refractivity contribution in [2.75, 3.05) is 11.9 Å². The average Bonchev–Trinajstić information content (AvgIpc) is 2.48. The summed E-state index contributed by atoms with van der Waals surface area (Å²) in [6.45, 7) is 2.00. The van der Waals surface area contributed by atoms with E-state index in [9.17, 15) is 4.79 Å². The summed E-state index contributed by atoms with van der Waals surface area (Å²) < 4.78 is 4.86. The number of nitrogens with zero attached hydrogens (tertiary/aromatic N) is 1. The molecule has 1 heterocycles. The van der Waals surface area contributed by atoms with Crippen LogP contribution in [0.25, 0.3) is 10.8 Å². The van der Waals surface area contributed by atoms with Crippen molar-refractivity contribution in [1.82, 2.24) is 4.98 Å². The summed E-state index contributed by atoms with van der Waals surface area (Å²) in [5.74, 6) is -0.525. The molecule has 1 aromatic heterocycles. The van der Waals surface area contributed by atoms with Crippen LogP contribution in [0.15, 0.2) is 48.4 Å². The number of hydrogen-bond donors (Lipinski definition) is 2. The molecule has 0 saturated carbocycles. The Morgan fingerprint density at radius 3 is 2.95 bits per heavy atom. The summed E-state index contributed by atoms with van der Waals surface area (Å²) in [5, 5.41) is 12.2. The van der Waals surface area contributed by atoms with Crippen LogP contribution in [0.1, 0.15) is 6.92 Å². The van der Waals surface area contributed by atoms with E-state index in [1.165, 1.54) is 6.20 Å². The fourth-order valence-corrected chi connectivity index (χ4v) is 1.76. The van der Waals surface area contributed by atoms with E-state index in [1.807, 2.05) is 24.3 Å². The topological polar surface area (TPSA) is 75.1 Å². The second-order valence-corrected chi connectivity index (χ2v) is 4.02. The first-order valence-electron chi connectivity index (χ1n) is 6.23. The van der Waals surface area contributed by atoms with E-state index >= 15 is 0 Å². The van der Waals surface area contributed by atoms with E-state index in [0.717, 1.165) is 22.7 Å². The molecule has 5 heteroatoms. The largest absolute Gasteiger partial charge is 0.462 e. The van der Waals surface area contributed by atoms with Crippen molar-refractivity contribution in [3.63, 3.8) is 0 Å². The number of rotatable bonds is 5. The molecule has 0 aliphatic rings. The molecule has 0 saturated heterocycles. The Morgan fingerprint density at radius 1 is 1.40 bits per heavy atom. The fraction of sp³-hybridized carbons (Fsp3) is 0.133. The summed E-state index contributed by atoms with van der Waals surface area (Å²) in [4.78, 5) is 15.7. The number of benzene rings is 1. The van der Waals surface area contributed by atoms with E-state index in [1.54, 1.807) is 19.3 Å². The van der Waals surface area contributed by atoms with Gasteiger partial charge < -0.3 is 15.5 Å². The molecule has 0 atom stereocenters. The van der Waals surface area contributed by atoms with Crippen LogP contribution in [-0.4, -0.2) is 23.8 Å². The van der Waals surface area contributed by atoms with Gasteiger partial charge in [-0.25, -0.2) is 4.79 Å². The van der Waals surface area contributed by atoms with Gasteiger partial charge in [-0.15, -0.1) is 0 Å². The molecule has 0 aliphatic carbocycles. The van der Waals surface area contributed by atoms with Crippen molar-refractivity contribution in [3.05, 3.63) is 48.4 Å². The minimum Gasteiger partial charge on any atom is -0.462 e. The second-order valence-electron chi connectivity index (χ2n) is 4.02. The van der Waals surface area contributed by atoms with E-state index < -0.39 is 5.97 Å². The highest BCUT2D eigenvalue weighted by Crippen LogP contribution is 2.21. The van der Waals surface area contributed by atoms with Gasteiger partial charge in [0.05, 0.1) is 24.1 Å². The van der Waals surface area contributed by atoms with Crippen LogP contribution in [0.4, 0.5) is 5.69 Å². The maximum absolute atomic E-state index is 11.6. The number of fused-ring (bicyclic) bond motifs is 1. The van der Waals surface area contributed by atoms with Gasteiger partial charge in [0.1, 0.15) is 0 Å². The van der Waals surface area contributed by atoms with E-state index in [0.29, 0.717) is 0 Å². The molecule has 0 amide bonds. The third-order valence-electron chi connectivity index (χ3n) is 2.72. The van der Waals surface area contributed by atoms with Crippen LogP contribution in [0.2, 0.25) is 0 Å². The Kier molecular flexibility index (Phi) is 4.44. The van der Waals surface area contributed by atoms with Gasteiger partial charge in [-0.2, -0.15) is 0 Å². The molecule has 20 heavy (non-hydrogen) atoms. The summed E-state index contributed by atoms with van der Waals surface area (Å²) in [6.07, 6.45) is 5.86. The molecule has 0 unspecified atom stereocenters. The first-order chi connectivity index (χ1) is 9.76. The van der Waals surface area contributed by atoms with Crippen LogP contribution in [0.5, 0.6) is 0 Å². The number of carbonyl (C=O) groups is 1. The summed E-state index contributed by atoms with van der Waals surface area (Å²) in [6, 6.07) is 7.78. The van der Waals surface area contributed by atoms with Crippen molar-refractivity contribution >= 4 is 28.6 Å². The van der Waals surface area contributed by atoms with Crippen molar-refractivity contribution in [1.29, 1.82) is 5.41 Å². The van der Waals surface area contributed by atoms with Crippen LogP contribution in [-0.2, 0) is 9.53 Å². The lowest BCUT2D eigenvalue weighted by molar-refractivity contribution is -0.137. The van der Waals surface area contributed by atoms with Crippen molar-refractivity contribution < 1.29 is 9.53 Å². The predicted molar refractivity (Wildman–Crippen MR) is 78.9 cm³/mol. The number of pyridine rings is 1. The Bertz CT molecular complexity index is 660. The molecule has 2 rings (SSSR count). The second kappa shape index (κ2) is 6.47. The average molecular weight is 269 g/mol. The molecule has 0 spiro atoms. The van der Waals surface area contributed by atoms with Gasteiger partial charge in [0.2, 0.25) is 0 Å². The number of ether oxygens (including phenoxy) is 1. The minimum absolute atomic E-state index is 0.153. The molecule has 2 aromatic rings. The first kappa shape index (κ1) is 13.7. The molecule has 0 aliphatic heterocycles. The van der Waals surface area contributed by atoms with Crippen LogP contribution in [0.3, 0.4) is 0 Å². The Labute approximate surface area is 116 Å². The standard InChI is InChI=1S/C15H15N3O2/c1-2-20-15(19)12(7-16)9-18-14-10-17-8-11-5-3-4-6-13(11)14/h3-10,16,18H,2H2,1H3/b12-9+,16-7?. The maximum atomic E-state index is 11.6. The van der Waals surface area contributed by atoms with E-state index in [-0.39, 0.29) is 12.2 Å². The number of esters is 1. The third-order valence-corrected chi connectivity index (χ3v) is 2.72. The normalized spacial score (nSPS) is 11.2. The lowest BCUT2D eigenvalue weighted by atomic mass is 10.1. The molecule has 102 valence electrons. The molecule has 5 nitrogen and oxygen atoms in total. The van der Waals surface area contributed by atoms with Crippen LogP contribution < -0.4 is 5.32 Å². The molecular weight excluding hydrogens is 254 g/mol. The molecule has 0 bridgehead atoms. The van der Waals surface area contributed by atoms with Gasteiger partial charge in [0.25, 0.3) is 0 Å². The Hall–Kier alpha value is -2.69. The van der Waals surface area contributed by atoms with Crippen molar-refractivity contribution in [3.8, 4) is 0 Å². The minimum atomic E-state index is -0.525. The zero-order valence-electron chi connectivity index (χ0n) is 11.1. The lowest BCUT2D eigenvalue weighted by Gasteiger charge is -2.07. The summed E-state index contributed by atoms with van der Waals surface area (Å²) >= 11 is 0. The fourth-order valence-electron chi connectivity index (χ4n) is 1.76. The molecular formula is C15H15N3O2. The lowest BCUT2D eigenvalue weighted by Crippen LogP contribution is -2.10. The quantitative estimate of drug-likeness (QED) is 0.497. The van der Waals surface area contributed by atoms with Gasteiger partial charge in [-0.1, -0.05) is 24.3 Å². The van der Waals surface area contributed by atoms with Crippen LogP contribution >= 0.6 is 0 Å². The van der Waals surface area contributed by atoms with Gasteiger partial charge >= 0.3 is 5.97 Å². The Balaban J connectivity index is 2.28. The van der Waals surface area contributed by atoms with E-state index in [2.05, 4.69) is 10.3 Å². The maximum Gasteiger partial charge on any atom is 0.341 e. The first-order valence-corrected chi connectivity index (χ1v) is 6.23. The van der Waals surface area contributed by atoms with Gasteiger partial charge in [0, 0.05) is 29.4 Å². The molecule has 2 N–H and O–H groups in total. The van der Waals surface area contributed by atoms with Gasteiger partial charge in [-0.3, -0.25) is 4.98 Å². The molecule has 0 radical (unpaired) electrons. The number of nitrogens with one attached hydrogen (secondary N) is 2. The third kappa shape index (κ3) is 3.00. The zero-order valence-corrected chi connectivity index (χ0v) is 11.1. The van der Waals surface area contributed by atoms with Crippen LogP contribution in [0, 0.1) is 5.41 Å². The van der Waals surface area contributed by atoms with Gasteiger partial charge in [0.15, 0.2) is 0 Å². The summed E-state index contributed by atoms with van der Waals surface area (Å²) in [5.41, 5.74) is 0.923. The Morgan fingerprint density at radius 2 is 2.20 bits per heavy atom. The van der Waals surface area contributed by atoms with Gasteiger partial charge in [-0.05, 0) is 6.92 Å².